The van der Waals surface area contributed by atoms with Gasteiger partial charge in [0.15, 0.2) is 0 Å². The number of benzene rings is 2. The van der Waals surface area contributed by atoms with Gasteiger partial charge in [-0.1, -0.05) is 36.8 Å². The highest BCUT2D eigenvalue weighted by Crippen LogP contribution is 2.32. The van der Waals surface area contributed by atoms with Gasteiger partial charge in [-0.05, 0) is 50.1 Å². The van der Waals surface area contributed by atoms with Crippen molar-refractivity contribution in [2.45, 2.75) is 31.7 Å². The first-order valence-corrected chi connectivity index (χ1v) is 8.78. The molecule has 3 aromatic rings. The number of para-hydroxylation sites is 1. The van der Waals surface area contributed by atoms with E-state index in [1.165, 1.54) is 36.3 Å². The van der Waals surface area contributed by atoms with Gasteiger partial charge in [-0.25, -0.2) is 4.39 Å². The lowest BCUT2D eigenvalue weighted by Gasteiger charge is -2.34. The zero-order valence-corrected chi connectivity index (χ0v) is 14.1. The number of halogens is 1. The molecule has 1 N–H and O–H groups in total. The number of rotatable bonds is 5. The van der Waals surface area contributed by atoms with Crippen LogP contribution < -0.4 is 0 Å². The van der Waals surface area contributed by atoms with E-state index in [0.717, 1.165) is 35.8 Å². The molecule has 1 fully saturated rings. The Labute approximate surface area is 142 Å². The summed E-state index contributed by atoms with van der Waals surface area (Å²) in [6.45, 7) is 1.04. The van der Waals surface area contributed by atoms with Crippen LogP contribution in [0.2, 0.25) is 0 Å². The van der Waals surface area contributed by atoms with Gasteiger partial charge in [0.2, 0.25) is 0 Å². The van der Waals surface area contributed by atoms with Crippen molar-refractivity contribution in [2.24, 2.45) is 0 Å². The molecule has 1 heterocycles. The van der Waals surface area contributed by atoms with Crippen LogP contribution in [0.15, 0.2) is 48.5 Å². The normalized spacial score (nSPS) is 15.1. The molecule has 24 heavy (non-hydrogen) atoms. The molecule has 0 atom stereocenters. The van der Waals surface area contributed by atoms with Gasteiger partial charge >= 0.3 is 0 Å². The lowest BCUT2D eigenvalue weighted by molar-refractivity contribution is 0.161. The molecular formula is C21H23FN2. The number of hydrogen-bond acceptors (Lipinski definition) is 1. The van der Waals surface area contributed by atoms with Crippen LogP contribution in [0.4, 0.5) is 4.39 Å². The molecule has 1 aromatic heterocycles. The summed E-state index contributed by atoms with van der Waals surface area (Å²) in [5, 5.41) is 1.25. The fraction of sp³-hybridized carbons (Fsp3) is 0.333. The second-order valence-corrected chi connectivity index (χ2v) is 6.85. The molecule has 1 aliphatic carbocycles. The van der Waals surface area contributed by atoms with Crippen molar-refractivity contribution >= 4 is 10.9 Å². The molecule has 0 unspecified atom stereocenters. The van der Waals surface area contributed by atoms with E-state index in [-0.39, 0.29) is 5.82 Å². The minimum Gasteiger partial charge on any atom is -0.354 e. The van der Waals surface area contributed by atoms with Crippen LogP contribution in [0, 0.1) is 5.82 Å². The van der Waals surface area contributed by atoms with Gasteiger partial charge in [-0.15, -0.1) is 0 Å². The molecule has 2 nitrogen and oxygen atoms in total. The maximum Gasteiger partial charge on any atom is 0.123 e. The molecule has 0 amide bonds. The molecule has 0 saturated heterocycles. The van der Waals surface area contributed by atoms with Gasteiger partial charge in [0.25, 0.3) is 0 Å². The summed E-state index contributed by atoms with van der Waals surface area (Å²) >= 11 is 0. The number of hydrogen-bond donors (Lipinski definition) is 1. The quantitative estimate of drug-likeness (QED) is 0.700. The SMILES string of the molecule is CN(CCc1c(-c2cccc(F)c2)[nH]c2ccccc12)C1CCC1. The van der Waals surface area contributed by atoms with E-state index in [0.29, 0.717) is 0 Å². The van der Waals surface area contributed by atoms with Crippen molar-refractivity contribution in [3.05, 3.63) is 59.9 Å². The monoisotopic (exact) mass is 322 g/mol. The Kier molecular flexibility index (Phi) is 4.11. The minimum absolute atomic E-state index is 0.191. The third-order valence-corrected chi connectivity index (χ3v) is 5.34. The summed E-state index contributed by atoms with van der Waals surface area (Å²) in [7, 11) is 2.22. The molecule has 0 bridgehead atoms. The zero-order chi connectivity index (χ0) is 16.5. The molecule has 1 aliphatic rings. The van der Waals surface area contributed by atoms with Gasteiger partial charge < -0.3 is 9.88 Å². The van der Waals surface area contributed by atoms with E-state index in [1.54, 1.807) is 12.1 Å². The van der Waals surface area contributed by atoms with Crippen molar-refractivity contribution in [3.63, 3.8) is 0 Å². The molecule has 1 saturated carbocycles. The van der Waals surface area contributed by atoms with Crippen LogP contribution in [0.5, 0.6) is 0 Å². The van der Waals surface area contributed by atoms with Crippen LogP contribution in [-0.4, -0.2) is 29.5 Å². The van der Waals surface area contributed by atoms with Crippen LogP contribution in [-0.2, 0) is 6.42 Å². The number of nitrogens with zero attached hydrogens (tertiary/aromatic N) is 1. The molecule has 2 aromatic carbocycles. The Hall–Kier alpha value is -2.13. The largest absolute Gasteiger partial charge is 0.354 e. The fourth-order valence-electron chi connectivity index (χ4n) is 3.65. The molecule has 4 rings (SSSR count). The van der Waals surface area contributed by atoms with Crippen molar-refractivity contribution in [1.82, 2.24) is 9.88 Å². The highest BCUT2D eigenvalue weighted by molar-refractivity contribution is 5.90. The van der Waals surface area contributed by atoms with E-state index < -0.39 is 0 Å². The van der Waals surface area contributed by atoms with Crippen LogP contribution in [0.1, 0.15) is 24.8 Å². The van der Waals surface area contributed by atoms with Crippen LogP contribution in [0.25, 0.3) is 22.2 Å². The molecular weight excluding hydrogens is 299 g/mol. The van der Waals surface area contributed by atoms with Gasteiger partial charge in [-0.3, -0.25) is 0 Å². The average molecular weight is 322 g/mol. The van der Waals surface area contributed by atoms with Crippen LogP contribution in [0.3, 0.4) is 0 Å². The Balaban J connectivity index is 1.70. The summed E-state index contributed by atoms with van der Waals surface area (Å²) < 4.78 is 13.7. The summed E-state index contributed by atoms with van der Waals surface area (Å²) in [5.41, 5.74) is 4.39. The molecule has 0 spiro atoms. The highest BCUT2D eigenvalue weighted by Gasteiger charge is 2.22. The Bertz CT molecular complexity index is 848. The number of fused-ring (bicyclic) bond motifs is 1. The Morgan fingerprint density at radius 2 is 1.96 bits per heavy atom. The van der Waals surface area contributed by atoms with E-state index in [4.69, 9.17) is 0 Å². The maximum absolute atomic E-state index is 13.7. The average Bonchev–Trinajstić information content (AvgIpc) is 2.90. The highest BCUT2D eigenvalue weighted by atomic mass is 19.1. The van der Waals surface area contributed by atoms with E-state index in [9.17, 15) is 4.39 Å². The molecule has 3 heteroatoms. The standard InChI is InChI=1S/C21H23FN2/c1-24(17-8-5-9-17)13-12-19-18-10-2-3-11-20(18)23-21(19)15-6-4-7-16(22)14-15/h2-4,6-7,10-11,14,17,23H,5,8-9,12-13H2,1H3. The molecule has 0 aliphatic heterocycles. The smallest absolute Gasteiger partial charge is 0.123 e. The summed E-state index contributed by atoms with van der Waals surface area (Å²) in [6, 6.07) is 16.0. The lowest BCUT2D eigenvalue weighted by Crippen LogP contribution is -2.38. The number of likely N-dealkylation sites (N-methyl/N-ethyl adjacent to an activating group) is 1. The van der Waals surface area contributed by atoms with Crippen LogP contribution >= 0.6 is 0 Å². The fourth-order valence-corrected chi connectivity index (χ4v) is 3.65. The van der Waals surface area contributed by atoms with Gasteiger partial charge in [0, 0.05) is 34.7 Å². The second kappa shape index (κ2) is 6.40. The predicted octanol–water partition coefficient (Wildman–Crippen LogP) is 5.00. The minimum atomic E-state index is -0.191. The number of aromatic amines is 1. The van der Waals surface area contributed by atoms with E-state index >= 15 is 0 Å². The summed E-state index contributed by atoms with van der Waals surface area (Å²) in [4.78, 5) is 5.98. The predicted molar refractivity (Wildman–Crippen MR) is 97.7 cm³/mol. The first kappa shape index (κ1) is 15.4. The number of aromatic nitrogens is 1. The van der Waals surface area contributed by atoms with E-state index in [2.05, 4.69) is 35.1 Å². The summed E-state index contributed by atoms with van der Waals surface area (Å²) in [6.07, 6.45) is 4.97. The third kappa shape index (κ3) is 2.84. The zero-order valence-electron chi connectivity index (χ0n) is 14.1. The molecule has 0 radical (unpaired) electrons. The lowest BCUT2D eigenvalue weighted by atomic mass is 9.91. The topological polar surface area (TPSA) is 19.0 Å². The maximum atomic E-state index is 13.7. The van der Waals surface area contributed by atoms with Crippen molar-refractivity contribution in [2.75, 3.05) is 13.6 Å². The van der Waals surface area contributed by atoms with Gasteiger partial charge in [0.1, 0.15) is 5.82 Å². The molecule has 124 valence electrons. The number of nitrogens with one attached hydrogen (secondary N) is 1. The first-order valence-electron chi connectivity index (χ1n) is 8.78. The third-order valence-electron chi connectivity index (χ3n) is 5.34. The second-order valence-electron chi connectivity index (χ2n) is 6.85. The summed E-state index contributed by atoms with van der Waals surface area (Å²) in [5.74, 6) is -0.191. The first-order chi connectivity index (χ1) is 11.7. The number of H-pyrrole nitrogens is 1. The van der Waals surface area contributed by atoms with Crippen molar-refractivity contribution in [3.8, 4) is 11.3 Å². The van der Waals surface area contributed by atoms with E-state index in [1.807, 2.05) is 12.1 Å². The van der Waals surface area contributed by atoms with Crippen molar-refractivity contribution < 1.29 is 4.39 Å². The Morgan fingerprint density at radius 1 is 1.12 bits per heavy atom. The Morgan fingerprint density at radius 3 is 2.71 bits per heavy atom. The van der Waals surface area contributed by atoms with Crippen molar-refractivity contribution in [1.29, 1.82) is 0 Å². The van der Waals surface area contributed by atoms with Gasteiger partial charge in [0.05, 0.1) is 0 Å². The van der Waals surface area contributed by atoms with Gasteiger partial charge in [-0.2, -0.15) is 0 Å².